The van der Waals surface area contributed by atoms with Crippen molar-refractivity contribution in [3.63, 3.8) is 0 Å². The number of carbonyl (C=O) groups is 2. The van der Waals surface area contributed by atoms with E-state index < -0.39 is 0 Å². The molecule has 2 aliphatic rings. The average Bonchev–Trinajstić information content (AvgIpc) is 2.67. The smallest absolute Gasteiger partial charge is 0.275 e. The highest BCUT2D eigenvalue weighted by atomic mass is 16.2. The van der Waals surface area contributed by atoms with Crippen LogP contribution in [0.3, 0.4) is 0 Å². The molecule has 0 saturated heterocycles. The van der Waals surface area contributed by atoms with Crippen LogP contribution in [0.1, 0.15) is 36.5 Å². The standard InChI is InChI=1S/C22H16N3O2/c1-14(26)24-17-10-7-15(8-11-17)6-9-16-12-13-23-21-20(16)18-4-2-3-5-19(18)22(27)25-21/h2,4,7-8,10-13H,3,5H2,1H3,(H,24,26). The minimum Gasteiger partial charge on any atom is -0.326 e. The fourth-order valence-corrected chi connectivity index (χ4v) is 3.17. The molecular weight excluding hydrogens is 338 g/mol. The highest BCUT2D eigenvalue weighted by Gasteiger charge is 2.28. The Bertz CT molecular complexity index is 1070. The first kappa shape index (κ1) is 16.8. The van der Waals surface area contributed by atoms with Crippen LogP contribution >= 0.6 is 0 Å². The average molecular weight is 354 g/mol. The van der Waals surface area contributed by atoms with Crippen molar-refractivity contribution in [2.75, 3.05) is 5.32 Å². The predicted octanol–water partition coefficient (Wildman–Crippen LogP) is 3.32. The first-order valence-electron chi connectivity index (χ1n) is 8.66. The summed E-state index contributed by atoms with van der Waals surface area (Å²) in [5.41, 5.74) is 4.79. The lowest BCUT2D eigenvalue weighted by molar-refractivity contribution is -0.117. The third-order valence-corrected chi connectivity index (χ3v) is 4.38. The molecular formula is C22H16N3O2. The summed E-state index contributed by atoms with van der Waals surface area (Å²) in [6.45, 7) is 1.47. The van der Waals surface area contributed by atoms with Gasteiger partial charge < -0.3 is 5.32 Å². The van der Waals surface area contributed by atoms with Crippen LogP contribution in [0.5, 0.6) is 0 Å². The number of aromatic nitrogens is 1. The molecule has 0 atom stereocenters. The van der Waals surface area contributed by atoms with Crippen LogP contribution in [-0.4, -0.2) is 16.8 Å². The van der Waals surface area contributed by atoms with Crippen molar-refractivity contribution in [3.05, 3.63) is 70.9 Å². The zero-order chi connectivity index (χ0) is 18.8. The number of nitrogens with one attached hydrogen (secondary N) is 1. The number of allylic oxidation sites excluding steroid dienone is 3. The van der Waals surface area contributed by atoms with Gasteiger partial charge >= 0.3 is 0 Å². The number of rotatable bonds is 1. The Morgan fingerprint density at radius 1 is 1.15 bits per heavy atom. The maximum atomic E-state index is 12.2. The number of hydrogen-bond donors (Lipinski definition) is 1. The molecule has 0 unspecified atom stereocenters. The lowest BCUT2D eigenvalue weighted by Gasteiger charge is -2.22. The second kappa shape index (κ2) is 6.93. The Labute approximate surface area is 157 Å². The molecule has 5 heteroatoms. The topological polar surface area (TPSA) is 73.2 Å². The first-order valence-corrected chi connectivity index (χ1v) is 8.66. The lowest BCUT2D eigenvalue weighted by atomic mass is 9.87. The number of anilines is 1. The Kier molecular flexibility index (Phi) is 4.31. The number of pyridine rings is 1. The van der Waals surface area contributed by atoms with Gasteiger partial charge in [0.1, 0.15) is 0 Å². The quantitative estimate of drug-likeness (QED) is 0.799. The molecule has 1 aliphatic heterocycles. The van der Waals surface area contributed by atoms with Crippen LogP contribution in [0.15, 0.2) is 54.3 Å². The third-order valence-electron chi connectivity index (χ3n) is 4.38. The summed E-state index contributed by atoms with van der Waals surface area (Å²) in [5, 5.41) is 6.86. The van der Waals surface area contributed by atoms with Crippen LogP contribution < -0.4 is 10.6 Å². The predicted molar refractivity (Wildman–Crippen MR) is 103 cm³/mol. The molecule has 1 aromatic carbocycles. The maximum Gasteiger partial charge on any atom is 0.275 e. The van der Waals surface area contributed by atoms with E-state index in [0.29, 0.717) is 12.2 Å². The van der Waals surface area contributed by atoms with E-state index >= 15 is 0 Å². The van der Waals surface area contributed by atoms with E-state index in [1.807, 2.05) is 36.4 Å². The molecule has 131 valence electrons. The molecule has 2 amide bonds. The third kappa shape index (κ3) is 3.38. The van der Waals surface area contributed by atoms with Gasteiger partial charge in [-0.05, 0) is 48.7 Å². The summed E-state index contributed by atoms with van der Waals surface area (Å²) >= 11 is 0. The van der Waals surface area contributed by atoms with Gasteiger partial charge in [0.05, 0.1) is 0 Å². The molecule has 1 aromatic heterocycles. The molecule has 5 nitrogen and oxygen atoms in total. The van der Waals surface area contributed by atoms with Gasteiger partial charge in [-0.2, -0.15) is 5.32 Å². The second-order valence-electron chi connectivity index (χ2n) is 6.32. The van der Waals surface area contributed by atoms with Gasteiger partial charge in [0.15, 0.2) is 5.82 Å². The zero-order valence-corrected chi connectivity index (χ0v) is 14.7. The van der Waals surface area contributed by atoms with E-state index in [1.54, 1.807) is 6.20 Å². The van der Waals surface area contributed by atoms with Crippen LogP contribution in [-0.2, 0) is 9.59 Å². The lowest BCUT2D eigenvalue weighted by Crippen LogP contribution is -2.22. The van der Waals surface area contributed by atoms with E-state index in [1.165, 1.54) is 6.92 Å². The fraction of sp³-hybridized carbons (Fsp3) is 0.136. The van der Waals surface area contributed by atoms with E-state index in [2.05, 4.69) is 33.5 Å². The number of amides is 2. The van der Waals surface area contributed by atoms with Gasteiger partial charge in [0.25, 0.3) is 5.91 Å². The van der Waals surface area contributed by atoms with Crippen molar-refractivity contribution in [3.8, 4) is 11.8 Å². The fourth-order valence-electron chi connectivity index (χ4n) is 3.17. The van der Waals surface area contributed by atoms with Crippen LogP contribution in [0.25, 0.3) is 5.57 Å². The number of hydrogen-bond acceptors (Lipinski definition) is 3. The van der Waals surface area contributed by atoms with E-state index in [9.17, 15) is 9.59 Å². The van der Waals surface area contributed by atoms with E-state index in [-0.39, 0.29) is 11.8 Å². The Morgan fingerprint density at radius 2 is 1.96 bits per heavy atom. The molecule has 0 spiro atoms. The number of carbonyl (C=O) groups excluding carboxylic acids is 2. The largest absolute Gasteiger partial charge is 0.326 e. The SMILES string of the molecule is CC(=O)Nc1ccc(C#Cc2ccnc3c2C2=C(CCC=C2)C(=O)[N]3)cc1. The molecule has 2 aromatic rings. The molecule has 27 heavy (non-hydrogen) atoms. The summed E-state index contributed by atoms with van der Waals surface area (Å²) in [7, 11) is 0. The minimum atomic E-state index is -0.201. The van der Waals surface area contributed by atoms with E-state index in [0.717, 1.165) is 39.9 Å². The van der Waals surface area contributed by atoms with Gasteiger partial charge in [-0.3, -0.25) is 9.59 Å². The first-order chi connectivity index (χ1) is 13.1. The Hall–Kier alpha value is -3.65. The number of nitrogens with zero attached hydrogens (tertiary/aromatic N) is 2. The number of fused-ring (bicyclic) bond motifs is 2. The van der Waals surface area contributed by atoms with Crippen molar-refractivity contribution in [2.24, 2.45) is 0 Å². The highest BCUT2D eigenvalue weighted by molar-refractivity contribution is 6.10. The van der Waals surface area contributed by atoms with Crippen molar-refractivity contribution in [1.82, 2.24) is 10.3 Å². The van der Waals surface area contributed by atoms with E-state index in [4.69, 9.17) is 0 Å². The van der Waals surface area contributed by atoms with Crippen molar-refractivity contribution >= 4 is 28.9 Å². The van der Waals surface area contributed by atoms with Gasteiger partial charge in [-0.25, -0.2) is 4.98 Å². The normalized spacial score (nSPS) is 14.5. The Balaban J connectivity index is 1.70. The molecule has 1 N–H and O–H groups in total. The van der Waals surface area contributed by atoms with Gasteiger partial charge in [-0.1, -0.05) is 24.0 Å². The highest BCUT2D eigenvalue weighted by Crippen LogP contribution is 2.37. The number of benzene rings is 1. The van der Waals surface area contributed by atoms with Crippen LogP contribution in [0, 0.1) is 11.8 Å². The van der Waals surface area contributed by atoms with Gasteiger partial charge in [0.2, 0.25) is 5.91 Å². The summed E-state index contributed by atoms with van der Waals surface area (Å²) in [6, 6.07) is 9.17. The summed E-state index contributed by atoms with van der Waals surface area (Å²) in [4.78, 5) is 27.6. The van der Waals surface area contributed by atoms with Gasteiger partial charge in [0, 0.05) is 41.1 Å². The Morgan fingerprint density at radius 3 is 2.74 bits per heavy atom. The maximum absolute atomic E-state index is 12.2. The second-order valence-corrected chi connectivity index (χ2v) is 6.32. The minimum absolute atomic E-state index is 0.111. The molecule has 2 heterocycles. The summed E-state index contributed by atoms with van der Waals surface area (Å²) < 4.78 is 0. The molecule has 1 radical (unpaired) electrons. The van der Waals surface area contributed by atoms with Gasteiger partial charge in [-0.15, -0.1) is 0 Å². The summed E-state index contributed by atoms with van der Waals surface area (Å²) in [5.74, 6) is 6.43. The van der Waals surface area contributed by atoms with Crippen molar-refractivity contribution in [2.45, 2.75) is 19.8 Å². The summed E-state index contributed by atoms with van der Waals surface area (Å²) in [6.07, 6.45) is 7.19. The molecule has 0 bridgehead atoms. The van der Waals surface area contributed by atoms with Crippen LogP contribution in [0.4, 0.5) is 11.5 Å². The molecule has 4 rings (SSSR count). The monoisotopic (exact) mass is 354 g/mol. The van der Waals surface area contributed by atoms with Crippen LogP contribution in [0.2, 0.25) is 0 Å². The zero-order valence-electron chi connectivity index (χ0n) is 14.7. The van der Waals surface area contributed by atoms with Crippen molar-refractivity contribution < 1.29 is 9.59 Å². The molecule has 1 aliphatic carbocycles. The van der Waals surface area contributed by atoms with Crippen molar-refractivity contribution in [1.29, 1.82) is 0 Å². The molecule has 0 fully saturated rings. The molecule has 0 saturated carbocycles.